The minimum absolute atomic E-state index is 0.00927. The van der Waals surface area contributed by atoms with Crippen molar-refractivity contribution in [2.24, 2.45) is 17.3 Å². The van der Waals surface area contributed by atoms with Crippen LogP contribution in [0.1, 0.15) is 52.9 Å². The minimum Gasteiger partial charge on any atom is -0.481 e. The van der Waals surface area contributed by atoms with Crippen LogP contribution in [-0.2, 0) is 9.59 Å². The lowest BCUT2D eigenvalue weighted by atomic mass is 9.76. The molecule has 1 aliphatic rings. The molecular weight excluding hydrogens is 258 g/mol. The smallest absolute Gasteiger partial charge is 0.310 e. The summed E-state index contributed by atoms with van der Waals surface area (Å²) < 4.78 is 0. The van der Waals surface area contributed by atoms with Gasteiger partial charge in [-0.15, -0.1) is 0 Å². The molecule has 1 aliphatic carbocycles. The third-order valence-electron chi connectivity index (χ3n) is 4.69. The van der Waals surface area contributed by atoms with Crippen LogP contribution in [0.25, 0.3) is 0 Å². The zero-order valence-corrected chi connectivity index (χ0v) is 12.7. The number of carbonyl (C=O) groups excluding carboxylic acids is 1. The Hall–Kier alpha value is -1.10. The van der Waals surface area contributed by atoms with Gasteiger partial charge in [-0.2, -0.15) is 0 Å². The standard InChI is InChI=1S/C15H27NO4/c1-10(2)15(3,14(19)20)8-13(18)16-9-11-4-6-12(17)7-5-11/h10-12,17H,4-9H2,1-3H3,(H,16,18)(H,19,20). The topological polar surface area (TPSA) is 86.6 Å². The Morgan fingerprint density at radius 2 is 1.80 bits per heavy atom. The summed E-state index contributed by atoms with van der Waals surface area (Å²) in [6.07, 6.45) is 3.23. The molecule has 20 heavy (non-hydrogen) atoms. The van der Waals surface area contributed by atoms with Gasteiger partial charge in [-0.1, -0.05) is 13.8 Å². The average Bonchev–Trinajstić information content (AvgIpc) is 2.37. The van der Waals surface area contributed by atoms with Gasteiger partial charge >= 0.3 is 5.97 Å². The average molecular weight is 285 g/mol. The van der Waals surface area contributed by atoms with Gasteiger partial charge in [-0.3, -0.25) is 9.59 Å². The Balaban J connectivity index is 2.41. The van der Waals surface area contributed by atoms with E-state index in [0.717, 1.165) is 25.7 Å². The van der Waals surface area contributed by atoms with Gasteiger partial charge < -0.3 is 15.5 Å². The van der Waals surface area contributed by atoms with Crippen LogP contribution in [0.2, 0.25) is 0 Å². The molecule has 1 fully saturated rings. The van der Waals surface area contributed by atoms with Gasteiger partial charge in [0.2, 0.25) is 5.91 Å². The normalized spacial score (nSPS) is 26.1. The second-order valence-electron chi connectivity index (χ2n) is 6.53. The van der Waals surface area contributed by atoms with Gasteiger partial charge in [0.05, 0.1) is 11.5 Å². The molecule has 1 amide bonds. The quantitative estimate of drug-likeness (QED) is 0.694. The van der Waals surface area contributed by atoms with Gasteiger partial charge in [-0.25, -0.2) is 0 Å². The van der Waals surface area contributed by atoms with E-state index in [2.05, 4.69) is 5.32 Å². The predicted octanol–water partition coefficient (Wildman–Crippen LogP) is 1.79. The maximum Gasteiger partial charge on any atom is 0.310 e. The summed E-state index contributed by atoms with van der Waals surface area (Å²) >= 11 is 0. The maximum atomic E-state index is 12.0. The number of rotatable bonds is 6. The van der Waals surface area contributed by atoms with Crippen LogP contribution in [0, 0.1) is 17.3 Å². The molecule has 0 aliphatic heterocycles. The monoisotopic (exact) mass is 285 g/mol. The Bertz CT molecular complexity index is 348. The van der Waals surface area contributed by atoms with E-state index >= 15 is 0 Å². The largest absolute Gasteiger partial charge is 0.481 e. The lowest BCUT2D eigenvalue weighted by Crippen LogP contribution is -2.40. The second kappa shape index (κ2) is 7.07. The number of carboxylic acids is 1. The molecule has 0 aromatic carbocycles. The van der Waals surface area contributed by atoms with Crippen LogP contribution in [0.3, 0.4) is 0 Å². The van der Waals surface area contributed by atoms with Gasteiger partial charge in [-0.05, 0) is 44.4 Å². The molecule has 1 rings (SSSR count). The van der Waals surface area contributed by atoms with E-state index in [1.165, 1.54) is 0 Å². The summed E-state index contributed by atoms with van der Waals surface area (Å²) in [7, 11) is 0. The van der Waals surface area contributed by atoms with Gasteiger partial charge in [0.25, 0.3) is 0 Å². The van der Waals surface area contributed by atoms with Crippen LogP contribution < -0.4 is 5.32 Å². The van der Waals surface area contributed by atoms with Crippen molar-refractivity contribution in [1.29, 1.82) is 0 Å². The molecule has 0 aromatic heterocycles. The summed E-state index contributed by atoms with van der Waals surface area (Å²) in [5.41, 5.74) is -1.02. The van der Waals surface area contributed by atoms with Crippen molar-refractivity contribution in [3.05, 3.63) is 0 Å². The van der Waals surface area contributed by atoms with Crippen molar-refractivity contribution in [3.63, 3.8) is 0 Å². The van der Waals surface area contributed by atoms with E-state index in [4.69, 9.17) is 0 Å². The van der Waals surface area contributed by atoms with Crippen molar-refractivity contribution in [2.75, 3.05) is 6.54 Å². The fourth-order valence-corrected chi connectivity index (χ4v) is 2.53. The molecule has 0 aromatic rings. The number of amides is 1. The van der Waals surface area contributed by atoms with Crippen molar-refractivity contribution >= 4 is 11.9 Å². The van der Waals surface area contributed by atoms with Crippen molar-refractivity contribution in [2.45, 2.75) is 59.0 Å². The van der Waals surface area contributed by atoms with Crippen LogP contribution >= 0.6 is 0 Å². The molecule has 0 bridgehead atoms. The summed E-state index contributed by atoms with van der Waals surface area (Å²) in [4.78, 5) is 23.3. The van der Waals surface area contributed by atoms with E-state index in [-0.39, 0.29) is 24.3 Å². The molecule has 5 heteroatoms. The number of nitrogens with one attached hydrogen (secondary N) is 1. The Labute approximate surface area is 120 Å². The van der Waals surface area contributed by atoms with Gasteiger partial charge in [0.15, 0.2) is 0 Å². The lowest BCUT2D eigenvalue weighted by molar-refractivity contribution is -0.153. The number of aliphatic hydroxyl groups is 1. The molecule has 0 radical (unpaired) electrons. The number of aliphatic carboxylic acids is 1. The summed E-state index contributed by atoms with van der Waals surface area (Å²) in [6, 6.07) is 0. The first-order valence-electron chi connectivity index (χ1n) is 7.44. The molecule has 0 saturated heterocycles. The third-order valence-corrected chi connectivity index (χ3v) is 4.69. The molecule has 5 nitrogen and oxygen atoms in total. The molecule has 1 atom stereocenters. The number of carbonyl (C=O) groups is 2. The molecule has 3 N–H and O–H groups in total. The van der Waals surface area contributed by atoms with E-state index < -0.39 is 11.4 Å². The first-order chi connectivity index (χ1) is 9.25. The lowest BCUT2D eigenvalue weighted by Gasteiger charge is -2.29. The van der Waals surface area contributed by atoms with Gasteiger partial charge in [0.1, 0.15) is 0 Å². The highest BCUT2D eigenvalue weighted by Crippen LogP contribution is 2.31. The van der Waals surface area contributed by atoms with Crippen LogP contribution in [0.5, 0.6) is 0 Å². The second-order valence-corrected chi connectivity index (χ2v) is 6.53. The number of aliphatic hydroxyl groups excluding tert-OH is 1. The Kier molecular flexibility index (Phi) is 5.99. The SMILES string of the molecule is CC(C)C(C)(CC(=O)NCC1CCC(O)CC1)C(=O)O. The summed E-state index contributed by atoms with van der Waals surface area (Å²) in [5, 5.41) is 21.6. The fraction of sp³-hybridized carbons (Fsp3) is 0.867. The zero-order valence-electron chi connectivity index (χ0n) is 12.7. The Morgan fingerprint density at radius 3 is 2.25 bits per heavy atom. The van der Waals surface area contributed by atoms with Crippen LogP contribution in [0.15, 0.2) is 0 Å². The van der Waals surface area contributed by atoms with Crippen molar-refractivity contribution in [3.8, 4) is 0 Å². The zero-order chi connectivity index (χ0) is 15.3. The van der Waals surface area contributed by atoms with Crippen LogP contribution in [-0.4, -0.2) is 34.7 Å². The van der Waals surface area contributed by atoms with Gasteiger partial charge in [0, 0.05) is 13.0 Å². The Morgan fingerprint density at radius 1 is 1.25 bits per heavy atom. The highest BCUT2D eigenvalue weighted by atomic mass is 16.4. The third kappa shape index (κ3) is 4.47. The first kappa shape index (κ1) is 17.0. The molecule has 0 spiro atoms. The fourth-order valence-electron chi connectivity index (χ4n) is 2.53. The molecule has 1 unspecified atom stereocenters. The highest BCUT2D eigenvalue weighted by molar-refractivity contribution is 5.84. The number of carboxylic acid groups (broad SMARTS) is 1. The minimum atomic E-state index is -1.02. The van der Waals surface area contributed by atoms with E-state index in [0.29, 0.717) is 12.5 Å². The first-order valence-corrected chi connectivity index (χ1v) is 7.44. The number of hydrogen-bond donors (Lipinski definition) is 3. The maximum absolute atomic E-state index is 12.0. The predicted molar refractivity (Wildman–Crippen MR) is 76.2 cm³/mol. The van der Waals surface area contributed by atoms with Crippen LogP contribution in [0.4, 0.5) is 0 Å². The summed E-state index contributed by atoms with van der Waals surface area (Å²) in [5.74, 6) is -0.828. The van der Waals surface area contributed by atoms with Crippen molar-refractivity contribution in [1.82, 2.24) is 5.32 Å². The molecule has 1 saturated carbocycles. The van der Waals surface area contributed by atoms with E-state index in [1.807, 2.05) is 13.8 Å². The van der Waals surface area contributed by atoms with Crippen molar-refractivity contribution < 1.29 is 19.8 Å². The summed E-state index contributed by atoms with van der Waals surface area (Å²) in [6.45, 7) is 5.85. The van der Waals surface area contributed by atoms with E-state index in [1.54, 1.807) is 6.92 Å². The molecular formula is C15H27NO4. The molecule has 116 valence electrons. The molecule has 0 heterocycles. The van der Waals surface area contributed by atoms with E-state index in [9.17, 15) is 19.8 Å². The highest BCUT2D eigenvalue weighted by Gasteiger charge is 2.38. The number of hydrogen-bond acceptors (Lipinski definition) is 3.